The average molecular weight is 355 g/mol. The minimum absolute atomic E-state index is 0.264. The molecule has 0 fully saturated rings. The van der Waals surface area contributed by atoms with Crippen molar-refractivity contribution in [3.8, 4) is 0 Å². The second kappa shape index (κ2) is 6.44. The number of anilines is 1. The van der Waals surface area contributed by atoms with Gasteiger partial charge in [-0.2, -0.15) is 0 Å². The van der Waals surface area contributed by atoms with E-state index in [1.54, 1.807) is 18.2 Å². The number of hydrogen-bond donors (Lipinski definition) is 1. The molecule has 5 nitrogen and oxygen atoms in total. The van der Waals surface area contributed by atoms with E-state index in [9.17, 15) is 8.42 Å². The van der Waals surface area contributed by atoms with Crippen LogP contribution in [-0.4, -0.2) is 24.6 Å². The first-order chi connectivity index (χ1) is 11.8. The Morgan fingerprint density at radius 3 is 2.32 bits per heavy atom. The summed E-state index contributed by atoms with van der Waals surface area (Å²) in [6, 6.07) is 9.22. The van der Waals surface area contributed by atoms with Crippen molar-refractivity contribution < 1.29 is 8.42 Å². The molecule has 6 heteroatoms. The highest BCUT2D eigenvalue weighted by Crippen LogP contribution is 2.24. The van der Waals surface area contributed by atoms with Crippen LogP contribution in [0.4, 0.5) is 5.82 Å². The third-order valence-electron chi connectivity index (χ3n) is 4.31. The van der Waals surface area contributed by atoms with Crippen LogP contribution in [0.25, 0.3) is 10.9 Å². The highest BCUT2D eigenvalue weighted by Gasteiger charge is 2.12. The second-order valence-electron chi connectivity index (χ2n) is 6.40. The zero-order valence-corrected chi connectivity index (χ0v) is 15.6. The van der Waals surface area contributed by atoms with Gasteiger partial charge in [-0.25, -0.2) is 18.4 Å². The fourth-order valence-electron chi connectivity index (χ4n) is 3.07. The first kappa shape index (κ1) is 17.4. The molecule has 0 atom stereocenters. The number of aromatic nitrogens is 2. The third-order valence-corrected chi connectivity index (χ3v) is 5.42. The van der Waals surface area contributed by atoms with Gasteiger partial charge in [0.1, 0.15) is 12.1 Å². The highest BCUT2D eigenvalue weighted by molar-refractivity contribution is 7.90. The molecule has 130 valence electrons. The van der Waals surface area contributed by atoms with Gasteiger partial charge in [-0.1, -0.05) is 17.7 Å². The molecule has 3 rings (SSSR count). The van der Waals surface area contributed by atoms with Crippen LogP contribution in [0.3, 0.4) is 0 Å². The summed E-state index contributed by atoms with van der Waals surface area (Å²) >= 11 is 0. The molecule has 0 aliphatic heterocycles. The summed E-state index contributed by atoms with van der Waals surface area (Å²) in [4.78, 5) is 8.79. The van der Waals surface area contributed by atoms with Crippen molar-refractivity contribution in [2.24, 2.45) is 0 Å². The fraction of sp³-hybridized carbons (Fsp3) is 0.263. The van der Waals surface area contributed by atoms with Crippen LogP contribution in [0.5, 0.6) is 0 Å². The predicted octanol–water partition coefficient (Wildman–Crippen LogP) is 3.57. The van der Waals surface area contributed by atoms with Gasteiger partial charge >= 0.3 is 0 Å². The highest BCUT2D eigenvalue weighted by atomic mass is 32.2. The molecule has 0 saturated heterocycles. The van der Waals surface area contributed by atoms with Crippen LogP contribution < -0.4 is 5.32 Å². The molecule has 3 aromatic rings. The van der Waals surface area contributed by atoms with Gasteiger partial charge in [0.25, 0.3) is 0 Å². The van der Waals surface area contributed by atoms with Crippen LogP contribution >= 0.6 is 0 Å². The summed E-state index contributed by atoms with van der Waals surface area (Å²) in [6.07, 6.45) is 2.68. The standard InChI is InChI=1S/C19H21N3O2S/c1-12-7-13(2)17(14(3)8-12)10-20-19-16-9-15(25(4,23)24)5-6-18(16)21-11-22-19/h5-9,11H,10H2,1-4H3,(H,20,21,22). The molecule has 0 amide bonds. The Balaban J connectivity index is 1.99. The molecule has 0 saturated carbocycles. The Kier molecular flexibility index (Phi) is 4.47. The molecule has 2 aromatic carbocycles. The normalized spacial score (nSPS) is 11.7. The van der Waals surface area contributed by atoms with E-state index in [1.165, 1.54) is 34.8 Å². The molecular formula is C19H21N3O2S. The van der Waals surface area contributed by atoms with Gasteiger partial charge in [0, 0.05) is 18.2 Å². The minimum atomic E-state index is -3.28. The van der Waals surface area contributed by atoms with E-state index in [1.807, 2.05) is 0 Å². The van der Waals surface area contributed by atoms with Crippen LogP contribution in [0.15, 0.2) is 41.6 Å². The first-order valence-corrected chi connectivity index (χ1v) is 9.90. The lowest BCUT2D eigenvalue weighted by Gasteiger charge is -2.14. The molecular weight excluding hydrogens is 334 g/mol. The molecule has 0 aliphatic rings. The average Bonchev–Trinajstić information content (AvgIpc) is 2.52. The van der Waals surface area contributed by atoms with Crippen LogP contribution in [0.1, 0.15) is 22.3 Å². The van der Waals surface area contributed by atoms with Gasteiger partial charge in [0.05, 0.1) is 10.4 Å². The number of rotatable bonds is 4. The Bertz CT molecular complexity index is 1040. The van der Waals surface area contributed by atoms with Crippen LogP contribution in [0, 0.1) is 20.8 Å². The Labute approximate surface area is 148 Å². The molecule has 25 heavy (non-hydrogen) atoms. The van der Waals surface area contributed by atoms with Crippen molar-refractivity contribution in [2.75, 3.05) is 11.6 Å². The number of hydrogen-bond acceptors (Lipinski definition) is 5. The molecule has 0 spiro atoms. The van der Waals surface area contributed by atoms with E-state index < -0.39 is 9.84 Å². The van der Waals surface area contributed by atoms with Gasteiger partial charge < -0.3 is 5.32 Å². The molecule has 0 bridgehead atoms. The summed E-state index contributed by atoms with van der Waals surface area (Å²) in [5, 5.41) is 4.04. The van der Waals surface area contributed by atoms with E-state index in [0.29, 0.717) is 23.3 Å². The lowest BCUT2D eigenvalue weighted by atomic mass is 10.00. The third kappa shape index (κ3) is 3.64. The van der Waals surface area contributed by atoms with Crippen LogP contribution in [0.2, 0.25) is 0 Å². The summed E-state index contributed by atoms with van der Waals surface area (Å²) in [6.45, 7) is 6.89. The van der Waals surface area contributed by atoms with Gasteiger partial charge in [-0.05, 0) is 55.7 Å². The lowest BCUT2D eigenvalue weighted by molar-refractivity contribution is 0.602. The molecule has 0 aliphatic carbocycles. The van der Waals surface area contributed by atoms with Gasteiger partial charge in [-0.3, -0.25) is 0 Å². The first-order valence-electron chi connectivity index (χ1n) is 8.01. The number of fused-ring (bicyclic) bond motifs is 1. The molecule has 1 aromatic heterocycles. The largest absolute Gasteiger partial charge is 0.365 e. The van der Waals surface area contributed by atoms with Crippen molar-refractivity contribution in [1.82, 2.24) is 9.97 Å². The number of nitrogens with one attached hydrogen (secondary N) is 1. The quantitative estimate of drug-likeness (QED) is 0.774. The van der Waals surface area contributed by atoms with Gasteiger partial charge in [0.15, 0.2) is 9.84 Å². The number of aryl methyl sites for hydroxylation is 3. The number of sulfone groups is 1. The lowest BCUT2D eigenvalue weighted by Crippen LogP contribution is -2.06. The van der Waals surface area contributed by atoms with Crippen molar-refractivity contribution in [1.29, 1.82) is 0 Å². The van der Waals surface area contributed by atoms with Crippen LogP contribution in [-0.2, 0) is 16.4 Å². The molecule has 0 radical (unpaired) electrons. The van der Waals surface area contributed by atoms with E-state index >= 15 is 0 Å². The maximum atomic E-state index is 11.8. The Hall–Kier alpha value is -2.47. The van der Waals surface area contributed by atoms with E-state index in [2.05, 4.69) is 48.2 Å². The maximum Gasteiger partial charge on any atom is 0.175 e. The topological polar surface area (TPSA) is 72.0 Å². The molecule has 0 unspecified atom stereocenters. The second-order valence-corrected chi connectivity index (χ2v) is 8.42. The van der Waals surface area contributed by atoms with Crippen molar-refractivity contribution >= 4 is 26.6 Å². The summed E-state index contributed by atoms with van der Waals surface area (Å²) in [5.41, 5.74) is 5.61. The molecule has 1 N–H and O–H groups in total. The van der Waals surface area contributed by atoms with Crippen molar-refractivity contribution in [3.05, 3.63) is 58.9 Å². The zero-order chi connectivity index (χ0) is 18.2. The summed E-state index contributed by atoms with van der Waals surface area (Å²) in [5.74, 6) is 0.634. The van der Waals surface area contributed by atoms with E-state index in [4.69, 9.17) is 0 Å². The fourth-order valence-corrected chi connectivity index (χ4v) is 3.72. The number of nitrogens with zero attached hydrogens (tertiary/aromatic N) is 2. The Morgan fingerprint density at radius 2 is 1.68 bits per heavy atom. The monoisotopic (exact) mass is 355 g/mol. The predicted molar refractivity (Wildman–Crippen MR) is 101 cm³/mol. The SMILES string of the molecule is Cc1cc(C)c(CNc2ncnc3ccc(S(C)(=O)=O)cc23)c(C)c1. The molecule has 1 heterocycles. The zero-order valence-electron chi connectivity index (χ0n) is 14.8. The van der Waals surface area contributed by atoms with E-state index in [0.717, 1.165) is 0 Å². The number of benzene rings is 2. The van der Waals surface area contributed by atoms with Gasteiger partial charge in [-0.15, -0.1) is 0 Å². The minimum Gasteiger partial charge on any atom is -0.365 e. The van der Waals surface area contributed by atoms with Gasteiger partial charge in [0.2, 0.25) is 0 Å². The van der Waals surface area contributed by atoms with Crippen molar-refractivity contribution in [3.63, 3.8) is 0 Å². The van der Waals surface area contributed by atoms with E-state index in [-0.39, 0.29) is 4.90 Å². The smallest absolute Gasteiger partial charge is 0.175 e. The maximum absolute atomic E-state index is 11.8. The summed E-state index contributed by atoms with van der Waals surface area (Å²) < 4.78 is 23.7. The van der Waals surface area contributed by atoms with Crippen molar-refractivity contribution in [2.45, 2.75) is 32.2 Å². The Morgan fingerprint density at radius 1 is 1.00 bits per heavy atom. The summed E-state index contributed by atoms with van der Waals surface area (Å²) in [7, 11) is -3.28.